The molecule has 0 aliphatic carbocycles. The van der Waals surface area contributed by atoms with Crippen LogP contribution in [0.5, 0.6) is 5.75 Å². The lowest BCUT2D eigenvalue weighted by Gasteiger charge is -2.09. The van der Waals surface area contributed by atoms with Crippen LogP contribution in [0.2, 0.25) is 0 Å². The first-order chi connectivity index (χ1) is 10.2. The van der Waals surface area contributed by atoms with Crippen LogP contribution in [0, 0.1) is 6.92 Å². The molecule has 1 aromatic carbocycles. The summed E-state index contributed by atoms with van der Waals surface area (Å²) in [4.78, 5) is 14.3. The lowest BCUT2D eigenvalue weighted by atomic mass is 10.2. The van der Waals surface area contributed by atoms with Crippen molar-refractivity contribution in [2.24, 2.45) is 5.10 Å². The average molecular weight is 302 g/mol. The summed E-state index contributed by atoms with van der Waals surface area (Å²) >= 11 is 1.62. The van der Waals surface area contributed by atoms with Gasteiger partial charge < -0.3 is 4.74 Å². The molecule has 0 aliphatic heterocycles. The fourth-order valence-corrected chi connectivity index (χ4v) is 2.48. The topological polar surface area (TPSA) is 50.7 Å². The number of thiophene rings is 1. The molecule has 0 spiro atoms. The van der Waals surface area contributed by atoms with E-state index in [2.05, 4.69) is 10.5 Å². The smallest absolute Gasteiger partial charge is 0.275 e. The standard InChI is InChI=1S/C16H18N2O2S/c1-3-10-20-15-7-5-4-6-14(15)16(19)18-17-11-13-9-8-12(2)21-13/h4-9,11H,3,10H2,1-2H3,(H,18,19). The number of carbonyl (C=O) groups is 1. The third-order valence-electron chi connectivity index (χ3n) is 2.71. The van der Waals surface area contributed by atoms with E-state index in [0.29, 0.717) is 17.9 Å². The van der Waals surface area contributed by atoms with E-state index in [0.717, 1.165) is 11.3 Å². The number of rotatable bonds is 6. The maximum atomic E-state index is 12.1. The molecule has 0 aliphatic rings. The number of para-hydroxylation sites is 1. The predicted octanol–water partition coefficient (Wildman–Crippen LogP) is 3.61. The Morgan fingerprint density at radius 1 is 1.33 bits per heavy atom. The first-order valence-corrected chi connectivity index (χ1v) is 7.64. The summed E-state index contributed by atoms with van der Waals surface area (Å²) < 4.78 is 5.56. The number of nitrogens with one attached hydrogen (secondary N) is 1. The summed E-state index contributed by atoms with van der Waals surface area (Å²) in [7, 11) is 0. The van der Waals surface area contributed by atoms with Crippen molar-refractivity contribution in [2.75, 3.05) is 6.61 Å². The van der Waals surface area contributed by atoms with E-state index in [9.17, 15) is 4.79 Å². The van der Waals surface area contributed by atoms with Gasteiger partial charge in [-0.2, -0.15) is 5.10 Å². The van der Waals surface area contributed by atoms with Gasteiger partial charge in [0.15, 0.2) is 0 Å². The van der Waals surface area contributed by atoms with Gasteiger partial charge in [-0.3, -0.25) is 4.79 Å². The molecule has 5 heteroatoms. The number of nitrogens with zero attached hydrogens (tertiary/aromatic N) is 1. The minimum atomic E-state index is -0.272. The Bertz CT molecular complexity index is 635. The highest BCUT2D eigenvalue weighted by Gasteiger charge is 2.10. The van der Waals surface area contributed by atoms with Gasteiger partial charge in [0.05, 0.1) is 18.4 Å². The minimum Gasteiger partial charge on any atom is -0.493 e. The molecule has 0 saturated heterocycles. The molecule has 4 nitrogen and oxygen atoms in total. The maximum absolute atomic E-state index is 12.1. The van der Waals surface area contributed by atoms with Crippen LogP contribution >= 0.6 is 11.3 Å². The quantitative estimate of drug-likeness (QED) is 0.654. The Hall–Kier alpha value is -2.14. The average Bonchev–Trinajstić information content (AvgIpc) is 2.91. The Kier molecular flexibility index (Phi) is 5.51. The van der Waals surface area contributed by atoms with Gasteiger partial charge in [-0.15, -0.1) is 11.3 Å². The van der Waals surface area contributed by atoms with Crippen molar-refractivity contribution in [1.29, 1.82) is 0 Å². The van der Waals surface area contributed by atoms with E-state index >= 15 is 0 Å². The predicted molar refractivity (Wildman–Crippen MR) is 86.3 cm³/mol. The molecule has 2 aromatic rings. The van der Waals surface area contributed by atoms with Crippen LogP contribution in [0.1, 0.15) is 33.5 Å². The van der Waals surface area contributed by atoms with Crippen molar-refractivity contribution in [3.8, 4) is 5.75 Å². The lowest BCUT2D eigenvalue weighted by molar-refractivity contribution is 0.0951. The zero-order valence-corrected chi connectivity index (χ0v) is 12.9. The van der Waals surface area contributed by atoms with E-state index in [-0.39, 0.29) is 5.91 Å². The molecule has 2 rings (SSSR count). The Morgan fingerprint density at radius 3 is 2.86 bits per heavy atom. The van der Waals surface area contributed by atoms with E-state index < -0.39 is 0 Å². The third-order valence-corrected chi connectivity index (χ3v) is 3.65. The molecule has 0 fully saturated rings. The number of aryl methyl sites for hydroxylation is 1. The second-order valence-corrected chi connectivity index (χ2v) is 5.81. The van der Waals surface area contributed by atoms with E-state index in [1.165, 1.54) is 4.88 Å². The summed E-state index contributed by atoms with van der Waals surface area (Å²) in [5.74, 6) is 0.310. The number of benzene rings is 1. The number of hydrogen-bond donors (Lipinski definition) is 1. The first-order valence-electron chi connectivity index (χ1n) is 6.82. The van der Waals surface area contributed by atoms with E-state index in [1.807, 2.05) is 32.0 Å². The highest BCUT2D eigenvalue weighted by Crippen LogP contribution is 2.18. The van der Waals surface area contributed by atoms with E-state index in [4.69, 9.17) is 4.74 Å². The Labute approximate surface area is 128 Å². The molecule has 0 radical (unpaired) electrons. The largest absolute Gasteiger partial charge is 0.493 e. The maximum Gasteiger partial charge on any atom is 0.275 e. The van der Waals surface area contributed by atoms with Crippen LogP contribution < -0.4 is 10.2 Å². The summed E-state index contributed by atoms with van der Waals surface area (Å²) in [5.41, 5.74) is 3.02. The van der Waals surface area contributed by atoms with Gasteiger partial charge in [0.2, 0.25) is 0 Å². The van der Waals surface area contributed by atoms with Crippen molar-refractivity contribution < 1.29 is 9.53 Å². The summed E-state index contributed by atoms with van der Waals surface area (Å²) in [6.07, 6.45) is 2.54. The van der Waals surface area contributed by atoms with Gasteiger partial charge in [-0.05, 0) is 37.6 Å². The van der Waals surface area contributed by atoms with Crippen LogP contribution in [0.4, 0.5) is 0 Å². The van der Waals surface area contributed by atoms with Gasteiger partial charge in [0.25, 0.3) is 5.91 Å². The van der Waals surface area contributed by atoms with Crippen molar-refractivity contribution in [3.05, 3.63) is 51.7 Å². The van der Waals surface area contributed by atoms with Crippen molar-refractivity contribution >= 4 is 23.5 Å². The van der Waals surface area contributed by atoms with Crippen LogP contribution in [0.25, 0.3) is 0 Å². The number of amides is 1. The van der Waals surface area contributed by atoms with Crippen LogP contribution in [0.3, 0.4) is 0 Å². The zero-order chi connectivity index (χ0) is 15.1. The molecule has 21 heavy (non-hydrogen) atoms. The fourth-order valence-electron chi connectivity index (χ4n) is 1.73. The number of ether oxygens (including phenoxy) is 1. The minimum absolute atomic E-state index is 0.272. The van der Waals surface area contributed by atoms with Crippen LogP contribution in [-0.4, -0.2) is 18.7 Å². The van der Waals surface area contributed by atoms with Gasteiger partial charge in [0, 0.05) is 9.75 Å². The summed E-state index contributed by atoms with van der Waals surface area (Å²) in [5, 5.41) is 3.98. The van der Waals surface area contributed by atoms with Gasteiger partial charge in [-0.25, -0.2) is 5.43 Å². The molecule has 0 atom stereocenters. The molecular formula is C16H18N2O2S. The molecule has 1 heterocycles. The van der Waals surface area contributed by atoms with Crippen molar-refractivity contribution in [3.63, 3.8) is 0 Å². The Morgan fingerprint density at radius 2 is 2.14 bits per heavy atom. The summed E-state index contributed by atoms with van der Waals surface area (Å²) in [6.45, 7) is 4.64. The SMILES string of the molecule is CCCOc1ccccc1C(=O)NN=Cc1ccc(C)s1. The van der Waals surface area contributed by atoms with Crippen LogP contribution in [-0.2, 0) is 0 Å². The molecule has 1 N–H and O–H groups in total. The normalized spacial score (nSPS) is 10.8. The molecule has 1 aromatic heterocycles. The molecular weight excluding hydrogens is 284 g/mol. The molecule has 0 bridgehead atoms. The van der Waals surface area contributed by atoms with Crippen molar-refractivity contribution in [2.45, 2.75) is 20.3 Å². The van der Waals surface area contributed by atoms with Crippen molar-refractivity contribution in [1.82, 2.24) is 5.43 Å². The molecule has 110 valence electrons. The highest BCUT2D eigenvalue weighted by atomic mass is 32.1. The molecule has 1 amide bonds. The van der Waals surface area contributed by atoms with Gasteiger partial charge in [-0.1, -0.05) is 19.1 Å². The molecule has 0 saturated carbocycles. The second kappa shape index (κ2) is 7.59. The number of hydrazone groups is 1. The fraction of sp³-hybridized carbons (Fsp3) is 0.250. The third kappa shape index (κ3) is 4.43. The van der Waals surface area contributed by atoms with Crippen LogP contribution in [0.15, 0.2) is 41.5 Å². The zero-order valence-electron chi connectivity index (χ0n) is 12.1. The highest BCUT2D eigenvalue weighted by molar-refractivity contribution is 7.13. The lowest BCUT2D eigenvalue weighted by Crippen LogP contribution is -2.18. The molecule has 0 unspecified atom stereocenters. The number of hydrogen-bond acceptors (Lipinski definition) is 4. The first kappa shape index (κ1) is 15.3. The Balaban J connectivity index is 2.01. The number of carbonyl (C=O) groups excluding carboxylic acids is 1. The van der Waals surface area contributed by atoms with E-state index in [1.54, 1.807) is 35.8 Å². The monoisotopic (exact) mass is 302 g/mol. The van der Waals surface area contributed by atoms with Gasteiger partial charge >= 0.3 is 0 Å². The second-order valence-electron chi connectivity index (χ2n) is 4.49. The van der Waals surface area contributed by atoms with Gasteiger partial charge in [0.1, 0.15) is 5.75 Å². The summed E-state index contributed by atoms with van der Waals surface area (Å²) in [6, 6.07) is 11.2.